The number of halogens is 1. The van der Waals surface area contributed by atoms with Crippen molar-refractivity contribution in [1.29, 1.82) is 0 Å². The van der Waals surface area contributed by atoms with Gasteiger partial charge in [-0.3, -0.25) is 0 Å². The summed E-state index contributed by atoms with van der Waals surface area (Å²) in [6.45, 7) is 2.54. The van der Waals surface area contributed by atoms with Crippen LogP contribution in [0.1, 0.15) is 18.5 Å². The third-order valence-corrected chi connectivity index (χ3v) is 2.61. The van der Waals surface area contributed by atoms with E-state index in [9.17, 15) is 0 Å². The van der Waals surface area contributed by atoms with Crippen molar-refractivity contribution >= 4 is 11.6 Å². The van der Waals surface area contributed by atoms with Gasteiger partial charge in [-0.15, -0.1) is 5.10 Å². The Bertz CT molecular complexity index is 298. The minimum atomic E-state index is 0.302. The molecule has 1 aromatic rings. The molecule has 82 valence electrons. The molecule has 2 rings (SSSR count). The van der Waals surface area contributed by atoms with Gasteiger partial charge in [0.2, 0.25) is 0 Å². The number of aromatic nitrogens is 2. The van der Waals surface area contributed by atoms with Gasteiger partial charge in [0.1, 0.15) is 0 Å². The lowest BCUT2D eigenvalue weighted by atomic mass is 10.1. The van der Waals surface area contributed by atoms with Gasteiger partial charge in [0.05, 0.1) is 18.4 Å². The second-order valence-corrected chi connectivity index (χ2v) is 4.01. The van der Waals surface area contributed by atoms with Crippen LogP contribution in [0.2, 0.25) is 5.15 Å². The highest BCUT2D eigenvalue weighted by molar-refractivity contribution is 6.29. The minimum absolute atomic E-state index is 0.302. The van der Waals surface area contributed by atoms with Crippen molar-refractivity contribution in [1.82, 2.24) is 15.5 Å². The Morgan fingerprint density at radius 3 is 3.07 bits per heavy atom. The summed E-state index contributed by atoms with van der Waals surface area (Å²) in [7, 11) is 0. The normalized spacial score (nSPS) is 21.5. The largest absolute Gasteiger partial charge is 0.371 e. The molecule has 0 bridgehead atoms. The number of piperidine rings is 1. The number of nitrogens with one attached hydrogen (secondary N) is 1. The van der Waals surface area contributed by atoms with Crippen LogP contribution in [0.25, 0.3) is 0 Å². The van der Waals surface area contributed by atoms with Crippen LogP contribution >= 0.6 is 11.6 Å². The highest BCUT2D eigenvalue weighted by Crippen LogP contribution is 2.09. The summed E-state index contributed by atoms with van der Waals surface area (Å²) in [5.74, 6) is 0. The molecule has 5 heteroatoms. The smallest absolute Gasteiger partial charge is 0.151 e. The van der Waals surface area contributed by atoms with Crippen molar-refractivity contribution in [3.63, 3.8) is 0 Å². The zero-order chi connectivity index (χ0) is 10.5. The molecule has 1 aromatic heterocycles. The maximum Gasteiger partial charge on any atom is 0.151 e. The van der Waals surface area contributed by atoms with E-state index >= 15 is 0 Å². The molecule has 0 saturated carbocycles. The summed E-state index contributed by atoms with van der Waals surface area (Å²) in [5, 5.41) is 11.4. The summed E-state index contributed by atoms with van der Waals surface area (Å²) in [6, 6.07) is 3.57. The topological polar surface area (TPSA) is 47.0 Å². The predicted molar refractivity (Wildman–Crippen MR) is 57.7 cm³/mol. The molecule has 0 amide bonds. The Labute approximate surface area is 94.0 Å². The van der Waals surface area contributed by atoms with E-state index in [4.69, 9.17) is 16.3 Å². The van der Waals surface area contributed by atoms with Crippen LogP contribution < -0.4 is 5.32 Å². The lowest BCUT2D eigenvalue weighted by molar-refractivity contribution is 0.0233. The fraction of sp³-hybridized carbons (Fsp3) is 0.600. The van der Waals surface area contributed by atoms with Crippen molar-refractivity contribution in [3.05, 3.63) is 23.0 Å². The van der Waals surface area contributed by atoms with Gasteiger partial charge >= 0.3 is 0 Å². The maximum absolute atomic E-state index is 5.70. The van der Waals surface area contributed by atoms with E-state index in [1.165, 1.54) is 6.42 Å². The molecule has 1 aliphatic rings. The van der Waals surface area contributed by atoms with Crippen molar-refractivity contribution < 1.29 is 4.74 Å². The van der Waals surface area contributed by atoms with Gasteiger partial charge in [0.15, 0.2) is 5.15 Å². The first-order valence-corrected chi connectivity index (χ1v) is 5.53. The molecule has 15 heavy (non-hydrogen) atoms. The highest BCUT2D eigenvalue weighted by atomic mass is 35.5. The molecule has 1 saturated heterocycles. The average Bonchev–Trinajstić information content (AvgIpc) is 2.30. The van der Waals surface area contributed by atoms with E-state index in [1.807, 2.05) is 6.07 Å². The molecule has 1 fully saturated rings. The third kappa shape index (κ3) is 3.41. The molecule has 1 atom stereocenters. The van der Waals surface area contributed by atoms with E-state index in [-0.39, 0.29) is 0 Å². The second-order valence-electron chi connectivity index (χ2n) is 3.63. The van der Waals surface area contributed by atoms with Gasteiger partial charge in [-0.05, 0) is 31.5 Å². The van der Waals surface area contributed by atoms with Gasteiger partial charge in [0, 0.05) is 6.54 Å². The van der Waals surface area contributed by atoms with E-state index in [0.29, 0.717) is 17.9 Å². The van der Waals surface area contributed by atoms with Crippen molar-refractivity contribution in [2.24, 2.45) is 0 Å². The molecule has 1 unspecified atom stereocenters. The van der Waals surface area contributed by atoms with Crippen molar-refractivity contribution in [2.45, 2.75) is 25.6 Å². The fourth-order valence-corrected chi connectivity index (χ4v) is 1.69. The molecule has 0 spiro atoms. The van der Waals surface area contributed by atoms with Gasteiger partial charge in [-0.1, -0.05) is 11.6 Å². The van der Waals surface area contributed by atoms with Crippen LogP contribution in [0.3, 0.4) is 0 Å². The Kier molecular flexibility index (Phi) is 3.88. The highest BCUT2D eigenvalue weighted by Gasteiger charge is 2.13. The van der Waals surface area contributed by atoms with Crippen molar-refractivity contribution in [2.75, 3.05) is 13.1 Å². The quantitative estimate of drug-likeness (QED) is 0.848. The molecule has 4 nitrogen and oxygen atoms in total. The molecule has 0 aliphatic carbocycles. The fourth-order valence-electron chi connectivity index (χ4n) is 1.59. The van der Waals surface area contributed by atoms with Crippen LogP contribution in [0, 0.1) is 0 Å². The zero-order valence-electron chi connectivity index (χ0n) is 8.45. The first kappa shape index (κ1) is 10.8. The second kappa shape index (κ2) is 5.39. The number of nitrogens with zero attached hydrogens (tertiary/aromatic N) is 2. The van der Waals surface area contributed by atoms with Gasteiger partial charge in [-0.2, -0.15) is 5.10 Å². The molecule has 0 aromatic carbocycles. The third-order valence-electron chi connectivity index (χ3n) is 2.41. The SMILES string of the molecule is Clc1ccc(COC2CCCNC2)nn1. The zero-order valence-corrected chi connectivity index (χ0v) is 9.20. The van der Waals surface area contributed by atoms with Gasteiger partial charge in [-0.25, -0.2) is 0 Å². The monoisotopic (exact) mass is 227 g/mol. The van der Waals surface area contributed by atoms with E-state index < -0.39 is 0 Å². The molecule has 1 aliphatic heterocycles. The van der Waals surface area contributed by atoms with Crippen LogP contribution in [-0.4, -0.2) is 29.4 Å². The van der Waals surface area contributed by atoms with Crippen LogP contribution in [0.15, 0.2) is 12.1 Å². The number of ether oxygens (including phenoxy) is 1. The molecule has 1 N–H and O–H groups in total. The summed E-state index contributed by atoms with van der Waals surface area (Å²) in [6.07, 6.45) is 2.60. The Morgan fingerprint density at radius 1 is 1.47 bits per heavy atom. The lowest BCUT2D eigenvalue weighted by Crippen LogP contribution is -2.35. The summed E-state index contributed by atoms with van der Waals surface area (Å²) in [4.78, 5) is 0. The molecule has 0 radical (unpaired) electrons. The number of hydrogen-bond acceptors (Lipinski definition) is 4. The Hall–Kier alpha value is -0.710. The molecule has 2 heterocycles. The lowest BCUT2D eigenvalue weighted by Gasteiger charge is -2.22. The summed E-state index contributed by atoms with van der Waals surface area (Å²) in [5.41, 5.74) is 0.824. The molecular formula is C10H14ClN3O. The van der Waals surface area contributed by atoms with Gasteiger partial charge in [0.25, 0.3) is 0 Å². The predicted octanol–water partition coefficient (Wildman–Crippen LogP) is 1.40. The van der Waals surface area contributed by atoms with E-state index in [0.717, 1.165) is 25.2 Å². The number of hydrogen-bond donors (Lipinski definition) is 1. The van der Waals surface area contributed by atoms with E-state index in [1.54, 1.807) is 6.07 Å². The van der Waals surface area contributed by atoms with Crippen LogP contribution in [0.4, 0.5) is 0 Å². The van der Waals surface area contributed by atoms with Crippen molar-refractivity contribution in [3.8, 4) is 0 Å². The summed E-state index contributed by atoms with van der Waals surface area (Å²) >= 11 is 5.64. The maximum atomic E-state index is 5.70. The first-order chi connectivity index (χ1) is 7.34. The Balaban J connectivity index is 1.79. The Morgan fingerprint density at radius 2 is 2.40 bits per heavy atom. The van der Waals surface area contributed by atoms with E-state index in [2.05, 4.69) is 15.5 Å². The first-order valence-electron chi connectivity index (χ1n) is 5.15. The number of rotatable bonds is 3. The summed E-state index contributed by atoms with van der Waals surface area (Å²) < 4.78 is 5.70. The van der Waals surface area contributed by atoms with Gasteiger partial charge < -0.3 is 10.1 Å². The average molecular weight is 228 g/mol. The minimum Gasteiger partial charge on any atom is -0.371 e. The van der Waals surface area contributed by atoms with Crippen LogP contribution in [-0.2, 0) is 11.3 Å². The molecular weight excluding hydrogens is 214 g/mol. The van der Waals surface area contributed by atoms with Crippen LogP contribution in [0.5, 0.6) is 0 Å². The standard InChI is InChI=1S/C10H14ClN3O/c11-10-4-3-8(13-14-10)7-15-9-2-1-5-12-6-9/h3-4,9,12H,1-2,5-7H2.